The average molecular weight is 370 g/mol. The molecule has 2 aromatic carbocycles. The number of benzene rings is 2. The van der Waals surface area contributed by atoms with Crippen LogP contribution in [0, 0.1) is 5.41 Å². The Hall–Kier alpha value is -3.55. The molecule has 0 saturated heterocycles. The lowest BCUT2D eigenvalue weighted by Gasteiger charge is -2.20. The molecule has 1 amide bonds. The van der Waals surface area contributed by atoms with E-state index in [4.69, 9.17) is 21.6 Å². The van der Waals surface area contributed by atoms with Crippen LogP contribution in [0.5, 0.6) is 5.75 Å². The second-order valence-corrected chi connectivity index (χ2v) is 5.89. The SMILES string of the molecule is CCc1ccc(OCC(N)=O)c(C(Nc2ccc(C(=N)N)cc2)C(=O)O)c1. The maximum Gasteiger partial charge on any atom is 0.330 e. The summed E-state index contributed by atoms with van der Waals surface area (Å²) in [5.41, 5.74) is 12.9. The van der Waals surface area contributed by atoms with Crippen molar-refractivity contribution in [3.05, 3.63) is 59.2 Å². The van der Waals surface area contributed by atoms with Crippen molar-refractivity contribution < 1.29 is 19.4 Å². The molecule has 0 aromatic heterocycles. The molecule has 2 aromatic rings. The zero-order valence-corrected chi connectivity index (χ0v) is 14.9. The molecule has 0 heterocycles. The first kappa shape index (κ1) is 19.8. The smallest absolute Gasteiger partial charge is 0.330 e. The molecule has 0 aliphatic carbocycles. The standard InChI is InChI=1S/C19H22N4O4/c1-2-11-3-8-15(27-10-16(20)24)14(9-11)17(19(25)26)23-13-6-4-12(5-7-13)18(21)22/h3-9,17,23H,2,10H2,1H3,(H2,20,24)(H3,21,22)(H,25,26). The summed E-state index contributed by atoms with van der Waals surface area (Å²) in [6, 6.07) is 10.6. The molecule has 142 valence electrons. The minimum Gasteiger partial charge on any atom is -0.483 e. The van der Waals surface area contributed by atoms with Gasteiger partial charge < -0.3 is 26.6 Å². The van der Waals surface area contributed by atoms with E-state index in [1.807, 2.05) is 6.92 Å². The molecule has 0 saturated carbocycles. The van der Waals surface area contributed by atoms with E-state index in [0.717, 1.165) is 5.56 Å². The number of ether oxygens (including phenoxy) is 1. The number of carbonyl (C=O) groups excluding carboxylic acids is 1. The van der Waals surface area contributed by atoms with Gasteiger partial charge >= 0.3 is 5.97 Å². The van der Waals surface area contributed by atoms with E-state index >= 15 is 0 Å². The normalized spacial score (nSPS) is 11.4. The summed E-state index contributed by atoms with van der Waals surface area (Å²) in [4.78, 5) is 22.9. The third kappa shape index (κ3) is 5.21. The summed E-state index contributed by atoms with van der Waals surface area (Å²) in [6.07, 6.45) is 0.711. The molecule has 0 fully saturated rings. The van der Waals surface area contributed by atoms with Crippen molar-refractivity contribution in [1.29, 1.82) is 5.41 Å². The molecular formula is C19H22N4O4. The van der Waals surface area contributed by atoms with Crippen molar-refractivity contribution in [3.63, 3.8) is 0 Å². The largest absolute Gasteiger partial charge is 0.483 e. The summed E-state index contributed by atoms with van der Waals surface area (Å²) in [6.45, 7) is 1.60. The number of amides is 1. The van der Waals surface area contributed by atoms with Crippen LogP contribution in [0.1, 0.15) is 29.7 Å². The van der Waals surface area contributed by atoms with E-state index in [-0.39, 0.29) is 18.2 Å². The Morgan fingerprint density at radius 2 is 1.85 bits per heavy atom. The van der Waals surface area contributed by atoms with Gasteiger partial charge in [-0.25, -0.2) is 4.79 Å². The number of hydrogen-bond donors (Lipinski definition) is 5. The Morgan fingerprint density at radius 1 is 1.19 bits per heavy atom. The van der Waals surface area contributed by atoms with E-state index in [0.29, 0.717) is 23.2 Å². The van der Waals surface area contributed by atoms with Crippen LogP contribution in [0.4, 0.5) is 5.69 Å². The minimum absolute atomic E-state index is 0.0749. The maximum atomic E-state index is 11.9. The van der Waals surface area contributed by atoms with E-state index < -0.39 is 17.9 Å². The van der Waals surface area contributed by atoms with Gasteiger partial charge in [-0.05, 0) is 48.4 Å². The van der Waals surface area contributed by atoms with Gasteiger partial charge in [-0.3, -0.25) is 10.2 Å². The van der Waals surface area contributed by atoms with E-state index in [1.54, 1.807) is 42.5 Å². The molecule has 8 heteroatoms. The van der Waals surface area contributed by atoms with Crippen molar-refractivity contribution in [2.24, 2.45) is 11.5 Å². The van der Waals surface area contributed by atoms with Gasteiger partial charge in [-0.2, -0.15) is 0 Å². The third-order valence-corrected chi connectivity index (χ3v) is 3.92. The maximum absolute atomic E-state index is 11.9. The number of nitrogens with one attached hydrogen (secondary N) is 2. The van der Waals surface area contributed by atoms with Gasteiger partial charge in [0.15, 0.2) is 12.6 Å². The predicted octanol–water partition coefficient (Wildman–Crippen LogP) is 1.63. The summed E-state index contributed by atoms with van der Waals surface area (Å²) < 4.78 is 5.39. The number of rotatable bonds is 9. The van der Waals surface area contributed by atoms with Gasteiger partial charge in [-0.15, -0.1) is 0 Å². The van der Waals surface area contributed by atoms with Gasteiger partial charge in [0.2, 0.25) is 0 Å². The highest BCUT2D eigenvalue weighted by Gasteiger charge is 2.24. The summed E-state index contributed by atoms with van der Waals surface area (Å²) >= 11 is 0. The van der Waals surface area contributed by atoms with Crippen molar-refractivity contribution in [3.8, 4) is 5.75 Å². The quantitative estimate of drug-likeness (QED) is 0.334. The fourth-order valence-corrected chi connectivity index (χ4v) is 2.51. The number of carbonyl (C=O) groups is 2. The van der Waals surface area contributed by atoms with Crippen LogP contribution in [0.25, 0.3) is 0 Å². The van der Waals surface area contributed by atoms with Crippen LogP contribution >= 0.6 is 0 Å². The molecule has 2 rings (SSSR count). The van der Waals surface area contributed by atoms with Gasteiger partial charge in [0.05, 0.1) is 0 Å². The molecule has 0 radical (unpaired) electrons. The highest BCUT2D eigenvalue weighted by atomic mass is 16.5. The van der Waals surface area contributed by atoms with E-state index in [9.17, 15) is 14.7 Å². The topological polar surface area (TPSA) is 152 Å². The molecule has 7 N–H and O–H groups in total. The number of primary amides is 1. The molecule has 0 bridgehead atoms. The number of carboxylic acid groups (broad SMARTS) is 1. The Labute approximate surface area is 156 Å². The molecule has 0 aliphatic heterocycles. The fraction of sp³-hybridized carbons (Fsp3) is 0.211. The molecular weight excluding hydrogens is 348 g/mol. The summed E-state index contributed by atoms with van der Waals surface area (Å²) in [7, 11) is 0. The molecule has 8 nitrogen and oxygen atoms in total. The van der Waals surface area contributed by atoms with Crippen molar-refractivity contribution in [2.75, 3.05) is 11.9 Å². The second kappa shape index (κ2) is 8.70. The number of nitrogens with two attached hydrogens (primary N) is 2. The van der Waals surface area contributed by atoms with Crippen LogP contribution in [0.3, 0.4) is 0 Å². The number of carboxylic acids is 1. The lowest BCUT2D eigenvalue weighted by atomic mass is 10.0. The molecule has 0 spiro atoms. The Morgan fingerprint density at radius 3 is 2.37 bits per heavy atom. The molecule has 1 unspecified atom stereocenters. The Bertz CT molecular complexity index is 849. The van der Waals surface area contributed by atoms with Crippen LogP contribution in [-0.4, -0.2) is 29.4 Å². The first-order valence-corrected chi connectivity index (χ1v) is 8.29. The highest BCUT2D eigenvalue weighted by molar-refractivity contribution is 5.95. The van der Waals surface area contributed by atoms with Crippen LogP contribution < -0.4 is 21.5 Å². The average Bonchev–Trinajstić information content (AvgIpc) is 2.64. The van der Waals surface area contributed by atoms with Gasteiger partial charge in [0.1, 0.15) is 11.6 Å². The first-order valence-electron chi connectivity index (χ1n) is 8.29. The van der Waals surface area contributed by atoms with E-state index in [1.165, 1.54) is 0 Å². The van der Waals surface area contributed by atoms with Gasteiger partial charge in [0, 0.05) is 16.8 Å². The van der Waals surface area contributed by atoms with Crippen LogP contribution in [0.2, 0.25) is 0 Å². The number of aryl methyl sites for hydroxylation is 1. The monoisotopic (exact) mass is 370 g/mol. The number of nitrogen functional groups attached to an aromatic ring is 1. The molecule has 0 aliphatic rings. The van der Waals surface area contributed by atoms with Crippen LogP contribution in [0.15, 0.2) is 42.5 Å². The van der Waals surface area contributed by atoms with Crippen molar-refractivity contribution >= 4 is 23.4 Å². The zero-order chi connectivity index (χ0) is 20.0. The summed E-state index contributed by atoms with van der Waals surface area (Å²) in [5.74, 6) is -1.57. The predicted molar refractivity (Wildman–Crippen MR) is 102 cm³/mol. The third-order valence-electron chi connectivity index (χ3n) is 3.92. The highest BCUT2D eigenvalue weighted by Crippen LogP contribution is 2.30. The van der Waals surface area contributed by atoms with Gasteiger partial charge in [-0.1, -0.05) is 13.0 Å². The summed E-state index contributed by atoms with van der Waals surface area (Å²) in [5, 5.41) is 20.1. The Balaban J connectivity index is 2.37. The zero-order valence-electron chi connectivity index (χ0n) is 14.9. The number of anilines is 1. The first-order chi connectivity index (χ1) is 12.8. The lowest BCUT2D eigenvalue weighted by molar-refractivity contribution is -0.138. The minimum atomic E-state index is -1.11. The number of hydrogen-bond acceptors (Lipinski definition) is 5. The molecule has 27 heavy (non-hydrogen) atoms. The lowest BCUT2D eigenvalue weighted by Crippen LogP contribution is -2.24. The molecule has 1 atom stereocenters. The second-order valence-electron chi connectivity index (χ2n) is 5.89. The number of aliphatic carboxylic acids is 1. The van der Waals surface area contributed by atoms with E-state index in [2.05, 4.69) is 5.32 Å². The number of amidine groups is 1. The van der Waals surface area contributed by atoms with Crippen molar-refractivity contribution in [2.45, 2.75) is 19.4 Å². The Kier molecular flexibility index (Phi) is 6.37. The fourth-order valence-electron chi connectivity index (χ4n) is 2.51. The van der Waals surface area contributed by atoms with Gasteiger partial charge in [0.25, 0.3) is 5.91 Å². The van der Waals surface area contributed by atoms with Crippen molar-refractivity contribution in [1.82, 2.24) is 0 Å². The van der Waals surface area contributed by atoms with Crippen LogP contribution in [-0.2, 0) is 16.0 Å².